The molecule has 0 radical (unpaired) electrons. The molecule has 7 nitrogen and oxygen atoms in total. The monoisotopic (exact) mass is 326 g/mol. The summed E-state index contributed by atoms with van der Waals surface area (Å²) in [6.07, 6.45) is 3.09. The van der Waals surface area contributed by atoms with Crippen LogP contribution in [0.1, 0.15) is 10.4 Å². The molecule has 0 atom stereocenters. The number of hydrogen-bond donors (Lipinski definition) is 2. The minimum atomic E-state index is -3.96. The van der Waals surface area contributed by atoms with E-state index in [1.54, 1.807) is 25.2 Å². The van der Waals surface area contributed by atoms with Gasteiger partial charge in [-0.25, -0.2) is 13.6 Å². The molecule has 9 heteroatoms. The number of benzene rings is 1. The highest BCUT2D eigenvalue weighted by molar-refractivity contribution is 7.98. The molecule has 2 rings (SSSR count). The molecule has 1 amide bonds. The maximum absolute atomic E-state index is 12.3. The largest absolute Gasteiger partial charge is 0.304 e. The third kappa shape index (κ3) is 3.43. The van der Waals surface area contributed by atoms with Crippen molar-refractivity contribution in [2.75, 3.05) is 11.6 Å². The van der Waals surface area contributed by atoms with E-state index in [1.165, 1.54) is 22.6 Å². The van der Waals surface area contributed by atoms with Crippen LogP contribution < -0.4 is 10.5 Å². The fourth-order valence-corrected chi connectivity index (χ4v) is 3.02. The molecule has 2 aromatic rings. The van der Waals surface area contributed by atoms with E-state index < -0.39 is 15.9 Å². The normalized spacial score (nSPS) is 11.4. The Morgan fingerprint density at radius 1 is 1.38 bits per heavy atom. The van der Waals surface area contributed by atoms with Gasteiger partial charge in [-0.2, -0.15) is 5.10 Å². The lowest BCUT2D eigenvalue weighted by Gasteiger charge is -2.07. The van der Waals surface area contributed by atoms with Gasteiger partial charge in [-0.3, -0.25) is 9.48 Å². The van der Waals surface area contributed by atoms with E-state index in [0.29, 0.717) is 5.56 Å². The van der Waals surface area contributed by atoms with Gasteiger partial charge in [0.15, 0.2) is 5.82 Å². The number of thioether (sulfide) groups is 1. The first-order valence-electron chi connectivity index (χ1n) is 5.83. The van der Waals surface area contributed by atoms with Crippen molar-refractivity contribution in [1.82, 2.24) is 9.78 Å². The maximum atomic E-state index is 12.3. The first-order valence-corrected chi connectivity index (χ1v) is 8.61. The second-order valence-electron chi connectivity index (χ2n) is 4.22. The van der Waals surface area contributed by atoms with Gasteiger partial charge in [-0.1, -0.05) is 12.1 Å². The number of sulfonamides is 1. The van der Waals surface area contributed by atoms with E-state index in [1.807, 2.05) is 12.3 Å². The van der Waals surface area contributed by atoms with Crippen LogP contribution in [0.2, 0.25) is 0 Å². The third-order valence-electron chi connectivity index (χ3n) is 2.69. The summed E-state index contributed by atoms with van der Waals surface area (Å²) in [6, 6.07) is 7.01. The molecule has 0 bridgehead atoms. The highest BCUT2D eigenvalue weighted by Gasteiger charge is 2.21. The standard InChI is InChI=1S/C12H14N4O3S2/c1-16-7-10(21(13,18)19)11(15-16)14-12(17)8-5-3-4-6-9(8)20-2/h3-7H,1-2H3,(H2,13,18,19)(H,14,15,17). The van der Waals surface area contributed by atoms with Gasteiger partial charge < -0.3 is 5.32 Å². The zero-order valence-corrected chi connectivity index (χ0v) is 13.0. The number of rotatable bonds is 4. The number of hydrogen-bond acceptors (Lipinski definition) is 5. The quantitative estimate of drug-likeness (QED) is 0.816. The first kappa shape index (κ1) is 15.5. The second kappa shape index (κ2) is 5.88. The summed E-state index contributed by atoms with van der Waals surface area (Å²) in [7, 11) is -2.42. The molecular weight excluding hydrogens is 312 g/mol. The Morgan fingerprint density at radius 3 is 2.67 bits per heavy atom. The average molecular weight is 326 g/mol. The van der Waals surface area contributed by atoms with Crippen molar-refractivity contribution in [1.29, 1.82) is 0 Å². The number of aromatic nitrogens is 2. The number of aryl methyl sites for hydroxylation is 1. The Bertz CT molecular complexity index is 784. The Labute approximate surface area is 126 Å². The number of amides is 1. The molecule has 0 saturated carbocycles. The Kier molecular flexibility index (Phi) is 4.35. The van der Waals surface area contributed by atoms with Crippen molar-refractivity contribution in [3.05, 3.63) is 36.0 Å². The number of nitrogens with zero attached hydrogens (tertiary/aromatic N) is 2. The van der Waals surface area contributed by atoms with E-state index in [0.717, 1.165) is 4.90 Å². The highest BCUT2D eigenvalue weighted by Crippen LogP contribution is 2.22. The van der Waals surface area contributed by atoms with Gasteiger partial charge >= 0.3 is 0 Å². The van der Waals surface area contributed by atoms with E-state index in [-0.39, 0.29) is 10.7 Å². The third-order valence-corrected chi connectivity index (χ3v) is 4.39. The zero-order valence-electron chi connectivity index (χ0n) is 11.4. The molecule has 3 N–H and O–H groups in total. The van der Waals surface area contributed by atoms with E-state index >= 15 is 0 Å². The van der Waals surface area contributed by atoms with Crippen molar-refractivity contribution in [3.63, 3.8) is 0 Å². The van der Waals surface area contributed by atoms with E-state index in [9.17, 15) is 13.2 Å². The molecule has 0 saturated heterocycles. The molecular formula is C12H14N4O3S2. The number of primary sulfonamides is 1. The topological polar surface area (TPSA) is 107 Å². The summed E-state index contributed by atoms with van der Waals surface area (Å²) in [5.41, 5.74) is 0.441. The molecule has 1 aromatic heterocycles. The number of carbonyl (C=O) groups is 1. The van der Waals surface area contributed by atoms with Gasteiger partial charge in [0.05, 0.1) is 5.56 Å². The molecule has 0 spiro atoms. The SMILES string of the molecule is CSc1ccccc1C(=O)Nc1nn(C)cc1S(N)(=O)=O. The molecule has 112 valence electrons. The smallest absolute Gasteiger partial charge is 0.258 e. The van der Waals surface area contributed by atoms with Gasteiger partial charge in [-0.15, -0.1) is 11.8 Å². The summed E-state index contributed by atoms with van der Waals surface area (Å²) >= 11 is 1.42. The van der Waals surface area contributed by atoms with Crippen LogP contribution in [-0.4, -0.2) is 30.4 Å². The fraction of sp³-hybridized carbons (Fsp3) is 0.167. The van der Waals surface area contributed by atoms with Crippen molar-refractivity contribution >= 4 is 33.5 Å². The molecule has 21 heavy (non-hydrogen) atoms. The van der Waals surface area contributed by atoms with Crippen LogP contribution in [0.4, 0.5) is 5.82 Å². The van der Waals surface area contributed by atoms with Crippen LogP contribution in [0.15, 0.2) is 40.3 Å². The van der Waals surface area contributed by atoms with Gasteiger partial charge in [0, 0.05) is 18.1 Å². The van der Waals surface area contributed by atoms with Crippen LogP contribution >= 0.6 is 11.8 Å². The first-order chi connectivity index (χ1) is 9.82. The lowest BCUT2D eigenvalue weighted by atomic mass is 10.2. The summed E-state index contributed by atoms with van der Waals surface area (Å²) in [5.74, 6) is -0.524. The van der Waals surface area contributed by atoms with Crippen LogP contribution in [0.5, 0.6) is 0 Å². The zero-order chi connectivity index (χ0) is 15.6. The van der Waals surface area contributed by atoms with Crippen LogP contribution in [-0.2, 0) is 17.1 Å². The molecule has 1 heterocycles. The molecule has 0 fully saturated rings. The minimum Gasteiger partial charge on any atom is -0.304 e. The minimum absolute atomic E-state index is 0.0825. The Balaban J connectivity index is 2.37. The van der Waals surface area contributed by atoms with Gasteiger partial charge in [0.25, 0.3) is 5.91 Å². The fourth-order valence-electron chi connectivity index (χ4n) is 1.77. The highest BCUT2D eigenvalue weighted by atomic mass is 32.2. The lowest BCUT2D eigenvalue weighted by molar-refractivity contribution is 0.102. The van der Waals surface area contributed by atoms with E-state index in [2.05, 4.69) is 10.4 Å². The second-order valence-corrected chi connectivity index (χ2v) is 6.59. The summed E-state index contributed by atoms with van der Waals surface area (Å²) in [4.78, 5) is 12.8. The number of carbonyl (C=O) groups excluding carboxylic acids is 1. The van der Waals surface area contributed by atoms with Crippen LogP contribution in [0, 0.1) is 0 Å². The summed E-state index contributed by atoms with van der Waals surface area (Å²) in [5, 5.41) is 11.5. The van der Waals surface area contributed by atoms with Gasteiger partial charge in [-0.05, 0) is 18.4 Å². The van der Waals surface area contributed by atoms with Crippen molar-refractivity contribution in [3.8, 4) is 0 Å². The average Bonchev–Trinajstić information content (AvgIpc) is 2.79. The van der Waals surface area contributed by atoms with Crippen molar-refractivity contribution in [2.45, 2.75) is 9.79 Å². The number of anilines is 1. The molecule has 1 aromatic carbocycles. The predicted octanol–water partition coefficient (Wildman–Crippen LogP) is 1.04. The maximum Gasteiger partial charge on any atom is 0.258 e. The Hall–Kier alpha value is -1.84. The summed E-state index contributed by atoms with van der Waals surface area (Å²) in [6.45, 7) is 0. The lowest BCUT2D eigenvalue weighted by Crippen LogP contribution is -2.18. The van der Waals surface area contributed by atoms with Crippen LogP contribution in [0.3, 0.4) is 0 Å². The summed E-state index contributed by atoms with van der Waals surface area (Å²) < 4.78 is 24.2. The molecule has 0 aliphatic rings. The predicted molar refractivity (Wildman–Crippen MR) is 80.8 cm³/mol. The number of nitrogens with one attached hydrogen (secondary N) is 1. The van der Waals surface area contributed by atoms with Crippen LogP contribution in [0.25, 0.3) is 0 Å². The molecule has 0 unspecified atom stereocenters. The molecule has 0 aliphatic heterocycles. The Morgan fingerprint density at radius 2 is 2.05 bits per heavy atom. The van der Waals surface area contributed by atoms with Gasteiger partial charge in [0.1, 0.15) is 4.90 Å². The van der Waals surface area contributed by atoms with E-state index in [4.69, 9.17) is 5.14 Å². The van der Waals surface area contributed by atoms with Crippen molar-refractivity contribution in [2.24, 2.45) is 12.2 Å². The van der Waals surface area contributed by atoms with Crippen molar-refractivity contribution < 1.29 is 13.2 Å². The number of nitrogens with two attached hydrogens (primary N) is 1. The van der Waals surface area contributed by atoms with Gasteiger partial charge in [0.2, 0.25) is 10.0 Å². The molecule has 0 aliphatic carbocycles.